The Kier molecular flexibility index (Phi) is 21.7. The van der Waals surface area contributed by atoms with Crippen LogP contribution in [0.1, 0.15) is 33.1 Å². The minimum atomic E-state index is 0.181. The average molecular weight is 308 g/mol. The minimum absolute atomic E-state index is 0.181. The Morgan fingerprint density at radius 3 is 1.19 bits per heavy atom. The van der Waals surface area contributed by atoms with Gasteiger partial charge in [-0.15, -0.1) is 0 Å². The molecule has 0 saturated carbocycles. The zero-order valence-electron chi connectivity index (χ0n) is 13.9. The number of hydrogen-bond donors (Lipinski definition) is 4. The second kappa shape index (κ2) is 19.8. The first-order valence-electron chi connectivity index (χ1n) is 8.08. The molecular formula is C15H36N2O4. The third-order valence-electron chi connectivity index (χ3n) is 3.03. The molecule has 21 heavy (non-hydrogen) atoms. The number of hydrogen-bond acceptors (Lipinski definition) is 6. The fourth-order valence-corrected chi connectivity index (χ4v) is 1.93. The van der Waals surface area contributed by atoms with Gasteiger partial charge in [0.15, 0.2) is 0 Å². The van der Waals surface area contributed by atoms with Crippen LogP contribution in [0.3, 0.4) is 0 Å². The highest BCUT2D eigenvalue weighted by molar-refractivity contribution is 4.55. The Morgan fingerprint density at radius 2 is 0.905 bits per heavy atom. The molecule has 0 aliphatic rings. The first kappa shape index (κ1) is 23.0. The van der Waals surface area contributed by atoms with Crippen LogP contribution in [0.4, 0.5) is 0 Å². The van der Waals surface area contributed by atoms with E-state index in [1.165, 1.54) is 0 Å². The molecule has 0 saturated heterocycles. The van der Waals surface area contributed by atoms with Crippen LogP contribution in [0.5, 0.6) is 0 Å². The third kappa shape index (κ3) is 17.7. The lowest BCUT2D eigenvalue weighted by Crippen LogP contribution is -2.30. The molecule has 4 N–H and O–H groups in total. The summed E-state index contributed by atoms with van der Waals surface area (Å²) in [6.07, 6.45) is 3.37. The molecule has 0 aliphatic carbocycles. The third-order valence-corrected chi connectivity index (χ3v) is 3.03. The van der Waals surface area contributed by atoms with Gasteiger partial charge in [0.2, 0.25) is 0 Å². The summed E-state index contributed by atoms with van der Waals surface area (Å²) < 4.78 is 0. The normalized spacial score (nSPS) is 10.9. The van der Waals surface area contributed by atoms with Crippen molar-refractivity contribution in [2.24, 2.45) is 0 Å². The molecule has 0 atom stereocenters. The van der Waals surface area contributed by atoms with Gasteiger partial charge >= 0.3 is 0 Å². The zero-order valence-corrected chi connectivity index (χ0v) is 13.9. The van der Waals surface area contributed by atoms with E-state index in [4.69, 9.17) is 20.4 Å². The molecule has 0 aromatic heterocycles. The maximum atomic E-state index is 8.64. The summed E-state index contributed by atoms with van der Waals surface area (Å²) in [4.78, 5) is 4.11. The van der Waals surface area contributed by atoms with Gasteiger partial charge in [0.25, 0.3) is 0 Å². The lowest BCUT2D eigenvalue weighted by atomic mass is 10.3. The van der Waals surface area contributed by atoms with E-state index in [-0.39, 0.29) is 26.4 Å². The van der Waals surface area contributed by atoms with Gasteiger partial charge in [-0.25, -0.2) is 0 Å². The smallest absolute Gasteiger partial charge is 0.0558 e. The van der Waals surface area contributed by atoms with Gasteiger partial charge in [0, 0.05) is 26.2 Å². The minimum Gasteiger partial charge on any atom is -0.395 e. The van der Waals surface area contributed by atoms with Crippen LogP contribution in [-0.2, 0) is 0 Å². The van der Waals surface area contributed by atoms with Gasteiger partial charge in [0.05, 0.1) is 26.4 Å². The summed E-state index contributed by atoms with van der Waals surface area (Å²) in [6, 6.07) is 0. The van der Waals surface area contributed by atoms with E-state index in [1.54, 1.807) is 0 Å². The average Bonchev–Trinajstić information content (AvgIpc) is 2.47. The molecule has 0 heterocycles. The van der Waals surface area contributed by atoms with Gasteiger partial charge < -0.3 is 20.4 Å². The molecule has 0 radical (unpaired) electrons. The van der Waals surface area contributed by atoms with Crippen LogP contribution >= 0.6 is 0 Å². The number of aliphatic hydroxyl groups excluding tert-OH is 4. The molecule has 0 spiro atoms. The van der Waals surface area contributed by atoms with Crippen LogP contribution in [0, 0.1) is 0 Å². The van der Waals surface area contributed by atoms with Crippen molar-refractivity contribution in [2.75, 3.05) is 65.7 Å². The molecule has 0 fully saturated rings. The first-order chi connectivity index (χ1) is 10.2. The van der Waals surface area contributed by atoms with Gasteiger partial charge in [-0.2, -0.15) is 0 Å². The molecule has 6 nitrogen and oxygen atoms in total. The van der Waals surface area contributed by atoms with Crippen LogP contribution in [0.25, 0.3) is 0 Å². The molecule has 0 amide bonds. The van der Waals surface area contributed by atoms with Crippen molar-refractivity contribution in [3.63, 3.8) is 0 Å². The van der Waals surface area contributed by atoms with Crippen molar-refractivity contribution in [1.29, 1.82) is 0 Å². The second-order valence-corrected chi connectivity index (χ2v) is 4.93. The summed E-state index contributed by atoms with van der Waals surface area (Å²) in [6.45, 7) is 9.61. The SMILES string of the molecule is CCCCN(CCO)CCO.CCCN(CCO)CCO. The van der Waals surface area contributed by atoms with Crippen LogP contribution in [0.2, 0.25) is 0 Å². The Morgan fingerprint density at radius 1 is 0.524 bits per heavy atom. The largest absolute Gasteiger partial charge is 0.395 e. The maximum absolute atomic E-state index is 8.64. The molecule has 0 bridgehead atoms. The summed E-state index contributed by atoms with van der Waals surface area (Å²) in [5.74, 6) is 0. The Bertz CT molecular complexity index is 165. The van der Waals surface area contributed by atoms with E-state index in [0.29, 0.717) is 26.2 Å². The van der Waals surface area contributed by atoms with Crippen molar-refractivity contribution in [3.05, 3.63) is 0 Å². The van der Waals surface area contributed by atoms with E-state index < -0.39 is 0 Å². The van der Waals surface area contributed by atoms with Crippen LogP contribution in [-0.4, -0.2) is 95.9 Å². The summed E-state index contributed by atoms with van der Waals surface area (Å²) >= 11 is 0. The Hall–Kier alpha value is -0.240. The summed E-state index contributed by atoms with van der Waals surface area (Å²) in [5.41, 5.74) is 0. The van der Waals surface area contributed by atoms with E-state index in [0.717, 1.165) is 32.4 Å². The quantitative estimate of drug-likeness (QED) is 0.375. The molecule has 0 unspecified atom stereocenters. The monoisotopic (exact) mass is 308 g/mol. The Balaban J connectivity index is 0. The lowest BCUT2D eigenvalue weighted by molar-refractivity contribution is 0.159. The standard InChI is InChI=1S/C8H19NO2.C7H17NO2/c1-2-3-4-9(5-7-10)6-8-11;1-2-3-8(4-6-9)5-7-10/h10-11H,2-8H2,1H3;9-10H,2-7H2,1H3. The van der Waals surface area contributed by atoms with E-state index >= 15 is 0 Å². The fraction of sp³-hybridized carbons (Fsp3) is 1.00. The predicted octanol–water partition coefficient (Wildman–Crippen LogP) is -0.244. The van der Waals surface area contributed by atoms with Gasteiger partial charge in [-0.3, -0.25) is 9.80 Å². The van der Waals surface area contributed by atoms with E-state index in [1.807, 2.05) is 4.90 Å². The summed E-state index contributed by atoms with van der Waals surface area (Å²) in [7, 11) is 0. The van der Waals surface area contributed by atoms with Gasteiger partial charge in [-0.05, 0) is 25.9 Å². The number of unbranched alkanes of at least 4 members (excludes halogenated alkanes) is 1. The highest BCUT2D eigenvalue weighted by Gasteiger charge is 2.01. The number of rotatable bonds is 13. The topological polar surface area (TPSA) is 87.4 Å². The van der Waals surface area contributed by atoms with Crippen molar-refractivity contribution >= 4 is 0 Å². The molecule has 130 valence electrons. The molecule has 0 aromatic rings. The highest BCUT2D eigenvalue weighted by Crippen LogP contribution is 1.93. The maximum Gasteiger partial charge on any atom is 0.0558 e. The zero-order chi connectivity index (χ0) is 16.3. The lowest BCUT2D eigenvalue weighted by Gasteiger charge is -2.19. The molecule has 0 aromatic carbocycles. The van der Waals surface area contributed by atoms with Gasteiger partial charge in [-0.1, -0.05) is 20.3 Å². The van der Waals surface area contributed by atoms with Crippen molar-refractivity contribution in [2.45, 2.75) is 33.1 Å². The molecular weight excluding hydrogens is 272 g/mol. The summed E-state index contributed by atoms with van der Waals surface area (Å²) in [5, 5.41) is 34.4. The first-order valence-corrected chi connectivity index (χ1v) is 8.08. The highest BCUT2D eigenvalue weighted by atomic mass is 16.3. The molecule has 6 heteroatoms. The van der Waals surface area contributed by atoms with Crippen LogP contribution < -0.4 is 0 Å². The predicted molar refractivity (Wildman–Crippen MR) is 86.4 cm³/mol. The van der Waals surface area contributed by atoms with E-state index in [9.17, 15) is 0 Å². The number of aliphatic hydroxyl groups is 4. The molecule has 0 aliphatic heterocycles. The molecule has 0 rings (SSSR count). The Labute approximate surface area is 130 Å². The second-order valence-electron chi connectivity index (χ2n) is 4.93. The van der Waals surface area contributed by atoms with Crippen molar-refractivity contribution in [3.8, 4) is 0 Å². The fourth-order valence-electron chi connectivity index (χ4n) is 1.93. The number of nitrogens with zero attached hydrogens (tertiary/aromatic N) is 2. The van der Waals surface area contributed by atoms with Crippen LogP contribution in [0.15, 0.2) is 0 Å². The van der Waals surface area contributed by atoms with E-state index in [2.05, 4.69) is 18.7 Å². The van der Waals surface area contributed by atoms with Gasteiger partial charge in [0.1, 0.15) is 0 Å². The van der Waals surface area contributed by atoms with Crippen molar-refractivity contribution in [1.82, 2.24) is 9.80 Å². The van der Waals surface area contributed by atoms with Crippen molar-refractivity contribution < 1.29 is 20.4 Å².